The van der Waals surface area contributed by atoms with Gasteiger partial charge in [0.25, 0.3) is 0 Å². The third-order valence-corrected chi connectivity index (χ3v) is 4.67. The Morgan fingerprint density at radius 1 is 1.19 bits per heavy atom. The van der Waals surface area contributed by atoms with Gasteiger partial charge in [-0.05, 0) is 55.8 Å². The van der Waals surface area contributed by atoms with Gasteiger partial charge in [-0.15, -0.1) is 0 Å². The molecule has 0 atom stereocenters. The summed E-state index contributed by atoms with van der Waals surface area (Å²) in [7, 11) is 3.57. The summed E-state index contributed by atoms with van der Waals surface area (Å²) in [5, 5.41) is 2.91. The normalized spacial score (nSPS) is 18.8. The van der Waals surface area contributed by atoms with E-state index < -0.39 is 11.6 Å². The predicted molar refractivity (Wildman–Crippen MR) is 83.6 cm³/mol. The van der Waals surface area contributed by atoms with E-state index in [1.807, 2.05) is 7.05 Å². The first kappa shape index (κ1) is 16.2. The van der Waals surface area contributed by atoms with Crippen molar-refractivity contribution in [2.24, 2.45) is 5.41 Å². The Kier molecular flexibility index (Phi) is 4.87. The highest BCUT2D eigenvalue weighted by Crippen LogP contribution is 2.38. The van der Waals surface area contributed by atoms with Crippen LogP contribution < -0.4 is 10.2 Å². The second-order valence-electron chi connectivity index (χ2n) is 6.94. The van der Waals surface area contributed by atoms with Gasteiger partial charge in [0.05, 0.1) is 0 Å². The minimum absolute atomic E-state index is 0.111. The number of anilines is 1. The van der Waals surface area contributed by atoms with Crippen molar-refractivity contribution in [2.45, 2.75) is 52.1 Å². The molecule has 0 aromatic heterocycles. The van der Waals surface area contributed by atoms with E-state index in [0.717, 1.165) is 25.7 Å². The first-order valence-electron chi connectivity index (χ1n) is 7.69. The summed E-state index contributed by atoms with van der Waals surface area (Å²) in [5.41, 5.74) is 1.10. The molecule has 1 fully saturated rings. The first-order chi connectivity index (χ1) is 9.84. The molecule has 0 bridgehead atoms. The van der Waals surface area contributed by atoms with Crippen LogP contribution >= 0.6 is 0 Å². The smallest absolute Gasteiger partial charge is 0.149 e. The Bertz CT molecular complexity index is 467. The van der Waals surface area contributed by atoms with Gasteiger partial charge in [0.2, 0.25) is 0 Å². The number of hydrogen-bond acceptors (Lipinski definition) is 2. The minimum atomic E-state index is -0.465. The quantitative estimate of drug-likeness (QED) is 0.900. The molecule has 1 aliphatic carbocycles. The first-order valence-corrected chi connectivity index (χ1v) is 7.69. The van der Waals surface area contributed by atoms with E-state index in [0.29, 0.717) is 17.5 Å². The molecule has 0 spiro atoms. The number of rotatable bonds is 4. The lowest BCUT2D eigenvalue weighted by Crippen LogP contribution is -2.38. The van der Waals surface area contributed by atoms with Gasteiger partial charge in [0.1, 0.15) is 17.3 Å². The van der Waals surface area contributed by atoms with Gasteiger partial charge in [-0.2, -0.15) is 0 Å². The van der Waals surface area contributed by atoms with Crippen molar-refractivity contribution in [3.63, 3.8) is 0 Å². The zero-order valence-corrected chi connectivity index (χ0v) is 13.5. The van der Waals surface area contributed by atoms with Crippen LogP contribution in [0, 0.1) is 17.0 Å². The van der Waals surface area contributed by atoms with Gasteiger partial charge < -0.3 is 10.2 Å². The molecule has 0 amide bonds. The van der Waals surface area contributed by atoms with E-state index in [4.69, 9.17) is 0 Å². The average molecular weight is 296 g/mol. The molecule has 1 aromatic carbocycles. The molecule has 2 nitrogen and oxygen atoms in total. The summed E-state index contributed by atoms with van der Waals surface area (Å²) in [6, 6.07) is 3.08. The van der Waals surface area contributed by atoms with Crippen molar-refractivity contribution in [3.05, 3.63) is 29.3 Å². The number of benzene rings is 1. The summed E-state index contributed by atoms with van der Waals surface area (Å²) in [6.07, 6.45) is 4.17. The van der Waals surface area contributed by atoms with E-state index in [1.54, 1.807) is 11.9 Å². The molecule has 0 aliphatic heterocycles. The molecule has 1 aromatic rings. The molecule has 0 heterocycles. The van der Waals surface area contributed by atoms with Crippen molar-refractivity contribution in [3.8, 4) is 0 Å². The Hall–Kier alpha value is -1.16. The highest BCUT2D eigenvalue weighted by atomic mass is 19.1. The van der Waals surface area contributed by atoms with Crippen molar-refractivity contribution >= 4 is 5.69 Å². The van der Waals surface area contributed by atoms with Crippen LogP contribution in [0.1, 0.15) is 45.1 Å². The molecule has 1 aliphatic rings. The number of nitrogens with one attached hydrogen (secondary N) is 1. The molecule has 1 saturated carbocycles. The fraction of sp³-hybridized carbons (Fsp3) is 0.647. The second-order valence-corrected chi connectivity index (χ2v) is 6.94. The van der Waals surface area contributed by atoms with E-state index >= 15 is 0 Å². The molecule has 0 radical (unpaired) electrons. The van der Waals surface area contributed by atoms with Crippen molar-refractivity contribution in [2.75, 3.05) is 19.0 Å². The van der Waals surface area contributed by atoms with Crippen LogP contribution in [0.15, 0.2) is 12.1 Å². The largest absolute Gasteiger partial charge is 0.367 e. The summed E-state index contributed by atoms with van der Waals surface area (Å²) < 4.78 is 28.6. The zero-order valence-electron chi connectivity index (χ0n) is 13.5. The maximum absolute atomic E-state index is 14.3. The van der Waals surface area contributed by atoms with Gasteiger partial charge in [0.15, 0.2) is 0 Å². The van der Waals surface area contributed by atoms with Crippen LogP contribution in [0.3, 0.4) is 0 Å². The van der Waals surface area contributed by atoms with E-state index in [2.05, 4.69) is 19.2 Å². The summed E-state index contributed by atoms with van der Waals surface area (Å²) >= 11 is 0. The highest BCUT2D eigenvalue weighted by molar-refractivity contribution is 5.51. The SMILES string of the molecule is CNCc1cc(F)c(N(C)C2CCC(C)(C)CC2)c(F)c1. The number of nitrogens with zero attached hydrogens (tertiary/aromatic N) is 1. The van der Waals surface area contributed by atoms with Crippen molar-refractivity contribution < 1.29 is 8.78 Å². The molecular weight excluding hydrogens is 270 g/mol. The van der Waals surface area contributed by atoms with Crippen LogP contribution in [0.2, 0.25) is 0 Å². The summed E-state index contributed by atoms with van der Waals surface area (Å²) in [4.78, 5) is 1.79. The van der Waals surface area contributed by atoms with Crippen LogP contribution in [0.4, 0.5) is 14.5 Å². The fourth-order valence-electron chi connectivity index (χ4n) is 3.22. The standard InChI is InChI=1S/C17H26F2N2/c1-17(2)7-5-13(6-8-17)21(4)16-14(18)9-12(11-20-3)10-15(16)19/h9-10,13,20H,5-8,11H2,1-4H3. The van der Waals surface area contributed by atoms with Gasteiger partial charge >= 0.3 is 0 Å². The van der Waals surface area contributed by atoms with E-state index in [-0.39, 0.29) is 11.7 Å². The Labute approximate surface area is 126 Å². The van der Waals surface area contributed by atoms with Crippen molar-refractivity contribution in [1.82, 2.24) is 5.32 Å². The van der Waals surface area contributed by atoms with Crippen LogP contribution in [-0.2, 0) is 6.54 Å². The Balaban J connectivity index is 2.18. The second kappa shape index (κ2) is 6.30. The van der Waals surface area contributed by atoms with E-state index in [9.17, 15) is 8.78 Å². The molecule has 118 valence electrons. The third kappa shape index (κ3) is 3.73. The lowest BCUT2D eigenvalue weighted by Gasteiger charge is -2.39. The van der Waals surface area contributed by atoms with E-state index in [1.165, 1.54) is 12.1 Å². The molecule has 4 heteroatoms. The molecule has 0 saturated heterocycles. The highest BCUT2D eigenvalue weighted by Gasteiger charge is 2.30. The monoisotopic (exact) mass is 296 g/mol. The lowest BCUT2D eigenvalue weighted by molar-refractivity contribution is 0.222. The molecular formula is C17H26F2N2. The summed E-state index contributed by atoms with van der Waals surface area (Å²) in [5.74, 6) is -0.930. The van der Waals surface area contributed by atoms with Crippen molar-refractivity contribution in [1.29, 1.82) is 0 Å². The van der Waals surface area contributed by atoms with Gasteiger partial charge in [-0.1, -0.05) is 13.8 Å². The predicted octanol–water partition coefficient (Wildman–Crippen LogP) is 4.09. The third-order valence-electron chi connectivity index (χ3n) is 4.67. The average Bonchev–Trinajstić information content (AvgIpc) is 2.38. The van der Waals surface area contributed by atoms with Gasteiger partial charge in [-0.3, -0.25) is 0 Å². The molecule has 1 N–H and O–H groups in total. The maximum Gasteiger partial charge on any atom is 0.149 e. The molecule has 2 rings (SSSR count). The number of hydrogen-bond donors (Lipinski definition) is 1. The minimum Gasteiger partial charge on any atom is -0.367 e. The maximum atomic E-state index is 14.3. The van der Waals surface area contributed by atoms with Gasteiger partial charge in [-0.25, -0.2) is 8.78 Å². The van der Waals surface area contributed by atoms with Crippen LogP contribution in [-0.4, -0.2) is 20.1 Å². The van der Waals surface area contributed by atoms with Crippen LogP contribution in [0.5, 0.6) is 0 Å². The topological polar surface area (TPSA) is 15.3 Å². The van der Waals surface area contributed by atoms with Crippen LogP contribution in [0.25, 0.3) is 0 Å². The van der Waals surface area contributed by atoms with Gasteiger partial charge in [0, 0.05) is 19.6 Å². The zero-order chi connectivity index (χ0) is 15.6. The Morgan fingerprint density at radius 2 is 1.71 bits per heavy atom. The molecule has 21 heavy (non-hydrogen) atoms. The Morgan fingerprint density at radius 3 is 2.19 bits per heavy atom. The fourth-order valence-corrected chi connectivity index (χ4v) is 3.22. The number of halogens is 2. The molecule has 0 unspecified atom stereocenters. The lowest BCUT2D eigenvalue weighted by atomic mass is 9.75. The summed E-state index contributed by atoms with van der Waals surface area (Å²) in [6.45, 7) is 4.99.